The molecule has 214 valence electrons. The van der Waals surface area contributed by atoms with Crippen molar-refractivity contribution >= 4 is 62.7 Å². The van der Waals surface area contributed by atoms with E-state index in [2.05, 4.69) is 50.2 Å². The minimum atomic E-state index is -0.116. The van der Waals surface area contributed by atoms with Gasteiger partial charge in [0.25, 0.3) is 5.91 Å². The minimum Gasteiger partial charge on any atom is -0.488 e. The normalized spacial score (nSPS) is 15.1. The molecule has 0 bridgehead atoms. The molecule has 0 atom stereocenters. The van der Waals surface area contributed by atoms with Gasteiger partial charge in [0.05, 0.1) is 16.3 Å². The second kappa shape index (κ2) is 12.9. The number of fused-ring (bicyclic) bond motifs is 1. The molecule has 4 nitrogen and oxygen atoms in total. The summed E-state index contributed by atoms with van der Waals surface area (Å²) in [5.74, 6) is 0.587. The van der Waals surface area contributed by atoms with Crippen LogP contribution in [0.4, 0.5) is 11.4 Å². The number of anilines is 1. The molecule has 1 amide bonds. The molecule has 0 saturated carbocycles. The Morgan fingerprint density at radius 3 is 2.14 bits per heavy atom. The molecule has 0 unspecified atom stereocenters. The second-order valence-corrected chi connectivity index (χ2v) is 11.7. The smallest absolute Gasteiger partial charge is 0.271 e. The van der Waals surface area contributed by atoms with Crippen molar-refractivity contribution in [1.82, 2.24) is 0 Å². The van der Waals surface area contributed by atoms with Gasteiger partial charge in [-0.05, 0) is 101 Å². The van der Waals surface area contributed by atoms with Crippen LogP contribution in [0.25, 0.3) is 16.8 Å². The minimum absolute atomic E-state index is 0.116. The molecule has 0 aliphatic carbocycles. The monoisotopic (exact) mass is 602 g/mol. The van der Waals surface area contributed by atoms with E-state index in [0.29, 0.717) is 27.5 Å². The number of hydrogen-bond acceptors (Lipinski definition) is 4. The van der Waals surface area contributed by atoms with Crippen molar-refractivity contribution in [2.75, 3.05) is 4.90 Å². The zero-order valence-corrected chi connectivity index (χ0v) is 25.7. The summed E-state index contributed by atoms with van der Waals surface area (Å²) < 4.78 is 6.35. The van der Waals surface area contributed by atoms with Gasteiger partial charge in [-0.1, -0.05) is 92.2 Å². The second-order valence-electron chi connectivity index (χ2n) is 10.3. The fraction of sp³-hybridized carbons (Fsp3) is 0.135. The van der Waals surface area contributed by atoms with E-state index in [1.54, 1.807) is 4.90 Å². The Bertz CT molecular complexity index is 1830. The molecule has 1 fully saturated rings. The zero-order chi connectivity index (χ0) is 29.8. The van der Waals surface area contributed by atoms with Crippen molar-refractivity contribution in [3.63, 3.8) is 0 Å². The molecule has 1 aliphatic heterocycles. The molecule has 0 spiro atoms. The molecule has 43 heavy (non-hydrogen) atoms. The Morgan fingerprint density at radius 1 is 0.791 bits per heavy atom. The maximum Gasteiger partial charge on any atom is 0.271 e. The predicted octanol–water partition coefficient (Wildman–Crippen LogP) is 10.0. The van der Waals surface area contributed by atoms with Gasteiger partial charge in [-0.15, -0.1) is 0 Å². The van der Waals surface area contributed by atoms with Crippen molar-refractivity contribution in [2.24, 2.45) is 4.99 Å². The van der Waals surface area contributed by atoms with E-state index in [4.69, 9.17) is 21.3 Å². The van der Waals surface area contributed by atoms with Crippen LogP contribution in [-0.2, 0) is 24.2 Å². The first-order chi connectivity index (χ1) is 21.0. The summed E-state index contributed by atoms with van der Waals surface area (Å²) in [5.41, 5.74) is 5.92. The molecular weight excluding hydrogens is 572 g/mol. The topological polar surface area (TPSA) is 41.9 Å². The Morgan fingerprint density at radius 2 is 1.44 bits per heavy atom. The number of carbonyl (C=O) groups is 1. The van der Waals surface area contributed by atoms with Gasteiger partial charge in [-0.25, -0.2) is 4.99 Å². The van der Waals surface area contributed by atoms with Crippen LogP contribution in [0.2, 0.25) is 5.02 Å². The van der Waals surface area contributed by atoms with Gasteiger partial charge in [0, 0.05) is 10.6 Å². The van der Waals surface area contributed by atoms with Crippen LogP contribution in [-0.4, -0.2) is 11.1 Å². The summed E-state index contributed by atoms with van der Waals surface area (Å²) >= 11 is 7.46. The van der Waals surface area contributed by atoms with Crippen molar-refractivity contribution < 1.29 is 9.53 Å². The van der Waals surface area contributed by atoms with Crippen LogP contribution < -0.4 is 9.64 Å². The van der Waals surface area contributed by atoms with Crippen LogP contribution in [0.3, 0.4) is 0 Å². The van der Waals surface area contributed by atoms with E-state index < -0.39 is 0 Å². The summed E-state index contributed by atoms with van der Waals surface area (Å²) in [6.45, 7) is 4.63. The predicted molar refractivity (Wildman–Crippen MR) is 182 cm³/mol. The van der Waals surface area contributed by atoms with Crippen molar-refractivity contribution in [3.8, 4) is 5.75 Å². The number of thioether (sulfide) groups is 1. The Hall–Kier alpha value is -4.32. The first-order valence-corrected chi connectivity index (χ1v) is 15.6. The van der Waals surface area contributed by atoms with Gasteiger partial charge in [-0.2, -0.15) is 0 Å². The lowest BCUT2D eigenvalue weighted by Gasteiger charge is -2.16. The zero-order valence-electron chi connectivity index (χ0n) is 24.1. The maximum atomic E-state index is 14.1. The van der Waals surface area contributed by atoms with E-state index in [1.807, 2.05) is 78.9 Å². The van der Waals surface area contributed by atoms with Crippen molar-refractivity contribution in [2.45, 2.75) is 33.3 Å². The lowest BCUT2D eigenvalue weighted by atomic mass is 10.0. The van der Waals surface area contributed by atoms with Gasteiger partial charge in [0.1, 0.15) is 12.4 Å². The Kier molecular flexibility index (Phi) is 8.64. The third-order valence-electron chi connectivity index (χ3n) is 7.49. The summed E-state index contributed by atoms with van der Waals surface area (Å²) in [4.78, 5) is 21.4. The number of nitrogens with zero attached hydrogens (tertiary/aromatic N) is 2. The first kappa shape index (κ1) is 28.8. The highest BCUT2D eigenvalue weighted by molar-refractivity contribution is 8.19. The summed E-state index contributed by atoms with van der Waals surface area (Å²) in [6, 6.07) is 36.1. The molecule has 5 aromatic rings. The molecule has 0 N–H and O–H groups in total. The summed E-state index contributed by atoms with van der Waals surface area (Å²) in [6.07, 6.45) is 3.84. The molecule has 1 heterocycles. The highest BCUT2D eigenvalue weighted by atomic mass is 35.5. The Balaban J connectivity index is 1.42. The van der Waals surface area contributed by atoms with E-state index in [9.17, 15) is 4.79 Å². The van der Waals surface area contributed by atoms with Crippen LogP contribution in [0.5, 0.6) is 5.75 Å². The third-order valence-corrected chi connectivity index (χ3v) is 8.71. The average Bonchev–Trinajstić information content (AvgIpc) is 3.35. The number of carbonyl (C=O) groups excluding carboxylic acids is 1. The lowest BCUT2D eigenvalue weighted by molar-refractivity contribution is -0.113. The van der Waals surface area contributed by atoms with Crippen LogP contribution in [0.15, 0.2) is 119 Å². The third kappa shape index (κ3) is 6.38. The number of amidine groups is 1. The summed E-state index contributed by atoms with van der Waals surface area (Å²) in [7, 11) is 0. The van der Waals surface area contributed by atoms with E-state index in [0.717, 1.165) is 46.1 Å². The fourth-order valence-electron chi connectivity index (χ4n) is 5.00. The SMILES string of the molecule is CCc1ccc(N=C2S/C(=C\c3c(OCc4ccc(Cl)cc4)ccc4ccccc34)C(=O)N2c2ccc(CC)cc2)cc1. The molecule has 0 aromatic heterocycles. The summed E-state index contributed by atoms with van der Waals surface area (Å²) in [5, 5.41) is 3.38. The van der Waals surface area contributed by atoms with Gasteiger partial charge in [-0.3, -0.25) is 9.69 Å². The number of aliphatic imine (C=N–C) groups is 1. The highest BCUT2D eigenvalue weighted by Gasteiger charge is 2.35. The van der Waals surface area contributed by atoms with Crippen LogP contribution in [0, 0.1) is 0 Å². The number of halogens is 1. The van der Waals surface area contributed by atoms with Crippen molar-refractivity contribution in [1.29, 1.82) is 0 Å². The van der Waals surface area contributed by atoms with Crippen molar-refractivity contribution in [3.05, 3.63) is 141 Å². The molecule has 0 radical (unpaired) electrons. The number of rotatable bonds is 8. The highest BCUT2D eigenvalue weighted by Crippen LogP contribution is 2.40. The maximum absolute atomic E-state index is 14.1. The molecule has 6 rings (SSSR count). The van der Waals surface area contributed by atoms with Crippen LogP contribution in [0.1, 0.15) is 36.1 Å². The quantitative estimate of drug-likeness (QED) is 0.166. The van der Waals surface area contributed by atoms with Gasteiger partial charge < -0.3 is 4.74 Å². The number of amides is 1. The van der Waals surface area contributed by atoms with Crippen LogP contribution >= 0.6 is 23.4 Å². The molecule has 6 heteroatoms. The van der Waals surface area contributed by atoms with Gasteiger partial charge in [0.15, 0.2) is 5.17 Å². The molecule has 1 aliphatic rings. The van der Waals surface area contributed by atoms with Gasteiger partial charge >= 0.3 is 0 Å². The average molecular weight is 603 g/mol. The lowest BCUT2D eigenvalue weighted by Crippen LogP contribution is -2.28. The molecule has 1 saturated heterocycles. The number of ether oxygens (including phenoxy) is 1. The van der Waals surface area contributed by atoms with Gasteiger partial charge in [0.2, 0.25) is 0 Å². The number of benzene rings is 5. The Labute approximate surface area is 261 Å². The number of aryl methyl sites for hydroxylation is 2. The molecular formula is C37H31ClN2O2S. The van der Waals surface area contributed by atoms with E-state index in [1.165, 1.54) is 22.9 Å². The number of hydrogen-bond donors (Lipinski definition) is 0. The largest absolute Gasteiger partial charge is 0.488 e. The fourth-order valence-corrected chi connectivity index (χ4v) is 6.11. The molecule has 5 aromatic carbocycles. The van der Waals surface area contributed by atoms with E-state index in [-0.39, 0.29) is 5.91 Å². The first-order valence-electron chi connectivity index (χ1n) is 14.4. The van der Waals surface area contributed by atoms with E-state index >= 15 is 0 Å². The standard InChI is InChI=1S/C37H31ClN2O2S/c1-3-25-11-18-30(19-12-25)39-37-40(31-20-13-26(4-2)14-21-31)36(41)35(43-37)23-33-32-8-6-5-7-28(32)15-22-34(33)42-24-27-9-16-29(38)17-10-27/h5-23H,3-4,24H2,1-2H3/b35-23-,39-37?.